The molecule has 0 nitrogen and oxygen atoms in total. The first kappa shape index (κ1) is 58.5. The molecule has 0 heterocycles. The molecule has 0 aliphatic heterocycles. The van der Waals surface area contributed by atoms with Crippen LogP contribution in [0.1, 0.15) is 421 Å². The minimum atomic E-state index is -2.55. The Labute approximate surface area is 605 Å². The summed E-state index contributed by atoms with van der Waals surface area (Å²) < 4.78 is 168. The van der Waals surface area contributed by atoms with Crippen molar-refractivity contribution in [3.8, 4) is 0 Å². The molecule has 0 N–H and O–H groups in total. The lowest BCUT2D eigenvalue weighted by molar-refractivity contribution is 0.0754. The summed E-state index contributed by atoms with van der Waals surface area (Å²) in [6.07, 6.45) is 15.6. The molecule has 5 aromatic rings. The van der Waals surface area contributed by atoms with Crippen LogP contribution in [0.5, 0.6) is 0 Å². The second kappa shape index (κ2) is 41.1. The van der Waals surface area contributed by atoms with Crippen LogP contribution in [-0.4, -0.2) is 0 Å². The summed E-state index contributed by atoms with van der Waals surface area (Å²) in [7, 11) is 0. The van der Waals surface area contributed by atoms with E-state index in [2.05, 4.69) is 120 Å². The monoisotopic (exact) mass is 1280 g/mol. The third kappa shape index (κ3) is 32.4. The first-order valence-corrected chi connectivity index (χ1v) is 32.3. The van der Waals surface area contributed by atoms with Crippen molar-refractivity contribution in [1.29, 1.82) is 0 Å². The summed E-state index contributed by atoms with van der Waals surface area (Å²) in [5, 5.41) is 0. The van der Waals surface area contributed by atoms with Crippen LogP contribution in [0.25, 0.3) is 0 Å². The van der Waals surface area contributed by atoms with E-state index >= 15 is 0 Å². The molecule has 0 aromatic heterocycles. The standard InChI is InChI=1S/C17H28.C14H22.C13H20.C12H22.C11H22.C10H14.C9H12.5CH4/c1-11(2)15-9-14(17(6,7)8)10-16(12(3)4)13(15)5;1-10(2)13-9-12(14(4,5)6)8-7-11(13)3;1-9(2)12-7-6-11(5)13(8-12)10(3)4;1-11-5-9-12(10-6-11)7-3-2-4-8-12;1-9-6-10(2,3)8-11(4,5)7-9;1-7-5-8(2)10(4)9(3)6-7;1-7-4-5-8(2)9(3)6-7;;;;;/h9-12H,1-8H3;7-10H,1-6H3;6-10H,1-5H3;11H,2-10H2,1H3;9H,6-8H2,1-5H3;5-6H,1-4H3;4-6H,1-3H3;5*1H4/i11D,12D;10D;1D3,3D3,9D,10D;11D;9D;2D3;1D3,3D3;;;;;. The Hall–Kier alpha value is -3.90. The van der Waals surface area contributed by atoms with Crippen LogP contribution in [0.2, 0.25) is 0 Å². The molecule has 3 aliphatic rings. The minimum Gasteiger partial charge on any atom is -0.0776 e. The zero-order valence-electron chi connectivity index (χ0n) is 82.0. The molecule has 2 unspecified atom stereocenters. The zero-order valence-corrected chi connectivity index (χ0v) is 60.0. The van der Waals surface area contributed by atoms with Crippen molar-refractivity contribution in [3.63, 3.8) is 0 Å². The highest BCUT2D eigenvalue weighted by molar-refractivity contribution is 5.44. The fourth-order valence-electron chi connectivity index (χ4n) is 12.9. The maximum atomic E-state index is 8.35. The summed E-state index contributed by atoms with van der Waals surface area (Å²) in [6.45, 7) is 42.2. The number of rotatable bonds is 5. The van der Waals surface area contributed by atoms with Gasteiger partial charge in [-0.05, 0) is 266 Å². The molecule has 2 atom stereocenters. The normalized spacial score (nSPS) is 22.2. The van der Waals surface area contributed by atoms with Crippen molar-refractivity contribution >= 4 is 0 Å². The molecule has 3 fully saturated rings. The third-order valence-electron chi connectivity index (χ3n) is 17.7. The highest BCUT2D eigenvalue weighted by atomic mass is 14.4. The molecule has 0 radical (unpaired) electrons. The molecule has 3 aliphatic carbocycles. The van der Waals surface area contributed by atoms with Gasteiger partial charge in [-0.2, -0.15) is 0 Å². The van der Waals surface area contributed by atoms with Gasteiger partial charge in [0.15, 0.2) is 0 Å². The van der Waals surface area contributed by atoms with Crippen LogP contribution in [0, 0.1) is 97.1 Å². The van der Waals surface area contributed by atoms with E-state index in [0.717, 1.165) is 64.6 Å². The molecular formula is C91H160. The van der Waals surface area contributed by atoms with Gasteiger partial charge in [0.25, 0.3) is 0 Å². The molecular weight excluding hydrogens is 1090 g/mol. The Morgan fingerprint density at radius 3 is 1.27 bits per heavy atom. The second-order valence-electron chi connectivity index (χ2n) is 30.6. The fraction of sp³-hybridized carbons (Fsp3) is 0.670. The van der Waals surface area contributed by atoms with E-state index in [9.17, 15) is 0 Å². The summed E-state index contributed by atoms with van der Waals surface area (Å²) in [6, 6.07) is 23.2. The summed E-state index contributed by atoms with van der Waals surface area (Å²) in [4.78, 5) is 0. The topological polar surface area (TPSA) is 0 Å². The predicted octanol–water partition coefficient (Wildman–Crippen LogP) is 30.9. The van der Waals surface area contributed by atoms with Gasteiger partial charge in [-0.25, -0.2) is 0 Å². The van der Waals surface area contributed by atoms with Crippen LogP contribution in [0.4, 0.5) is 0 Å². The van der Waals surface area contributed by atoms with E-state index in [-0.39, 0.29) is 82.0 Å². The number of hydrogen-bond acceptors (Lipinski definition) is 0. The second-order valence-corrected chi connectivity index (χ2v) is 30.6. The molecule has 91 heavy (non-hydrogen) atoms. The number of aryl methyl sites for hydroxylation is 8. The van der Waals surface area contributed by atoms with Crippen LogP contribution in [-0.2, 0) is 10.8 Å². The molecule has 3 saturated carbocycles. The van der Waals surface area contributed by atoms with Crippen molar-refractivity contribution in [1.82, 2.24) is 0 Å². The maximum absolute atomic E-state index is 8.35. The van der Waals surface area contributed by atoms with Gasteiger partial charge < -0.3 is 0 Å². The highest BCUT2D eigenvalue weighted by Crippen LogP contribution is 2.49. The SMILES string of the molecule is C.C.C.C.C.[2H]C(C)(C)c1cc(C(C)(C)C)cc(C([2H])(C)C)c1C.[2H]C(C)(C)c1cc(C(C)(C)C)ccc1C.[2H]C([2H])([2H])C([2H])(C)c1ccc(C)c(C([2H])(C)C([2H])([2H])[2H])c1.[2H]C([2H])([2H])c1cc(C)cc(C)c1C.[2H]C([2H])([2H])c1ccc(C)c(C([2H])([2H])[2H])c1.[2H]C1(C)CC(C)(C)CC(C)(C)C1.[2H]C1(C)CCC2(CCCCC2)CC1. The van der Waals surface area contributed by atoms with Gasteiger partial charge in [0.2, 0.25) is 0 Å². The highest BCUT2D eigenvalue weighted by Gasteiger charge is 2.37. The van der Waals surface area contributed by atoms with Gasteiger partial charge in [-0.15, -0.1) is 0 Å². The summed E-state index contributed by atoms with van der Waals surface area (Å²) in [5.41, 5.74) is 14.8. The van der Waals surface area contributed by atoms with E-state index in [1.807, 2.05) is 75.3 Å². The molecule has 0 amide bonds. The van der Waals surface area contributed by atoms with Gasteiger partial charge in [-0.1, -0.05) is 311 Å². The van der Waals surface area contributed by atoms with E-state index in [1.165, 1.54) is 112 Å². The summed E-state index contributed by atoms with van der Waals surface area (Å²) >= 11 is 0. The van der Waals surface area contributed by atoms with Crippen LogP contribution in [0.3, 0.4) is 0 Å². The van der Waals surface area contributed by atoms with Crippen molar-refractivity contribution in [3.05, 3.63) is 173 Å². The van der Waals surface area contributed by atoms with Gasteiger partial charge in [0, 0.05) is 30.2 Å². The molecule has 0 saturated heterocycles. The van der Waals surface area contributed by atoms with E-state index in [0.29, 0.717) is 32.9 Å². The first-order valence-electron chi connectivity index (χ1n) is 43.3. The third-order valence-corrected chi connectivity index (χ3v) is 17.7. The lowest BCUT2D eigenvalue weighted by atomic mass is 9.62. The predicted molar refractivity (Wildman–Crippen MR) is 425 cm³/mol. The molecule has 524 valence electrons. The van der Waals surface area contributed by atoms with E-state index in [4.69, 9.17) is 30.2 Å². The molecule has 8 rings (SSSR count). The summed E-state index contributed by atoms with van der Waals surface area (Å²) in [5.74, 6) is -5.80. The lowest BCUT2D eigenvalue weighted by Crippen LogP contribution is -2.32. The Balaban J connectivity index is -0.000000613. The quantitative estimate of drug-likeness (QED) is 0.165. The minimum absolute atomic E-state index is 0. The Kier molecular flexibility index (Phi) is 26.4. The average molecular weight is 1280 g/mol. The van der Waals surface area contributed by atoms with Crippen molar-refractivity contribution in [2.45, 2.75) is 376 Å². The smallest absolute Gasteiger partial charge is 0.0347 e. The molecule has 1 spiro atoms. The Morgan fingerprint density at radius 1 is 0.418 bits per heavy atom. The van der Waals surface area contributed by atoms with E-state index in [1.54, 1.807) is 26.0 Å². The Bertz CT molecular complexity index is 3560. The average Bonchev–Trinajstić information content (AvgIpc) is 0.765. The molecule has 5 aromatic carbocycles. The molecule has 0 bridgehead atoms. The fourth-order valence-corrected chi connectivity index (χ4v) is 12.9. The first-order chi connectivity index (χ1) is 47.7. The zero-order chi connectivity index (χ0) is 85.0. The van der Waals surface area contributed by atoms with E-state index < -0.39 is 63.7 Å². The lowest BCUT2D eigenvalue weighted by Gasteiger charge is -2.44. The number of hydrogen-bond donors (Lipinski definition) is 0. The largest absolute Gasteiger partial charge is 0.0776 e. The van der Waals surface area contributed by atoms with Crippen LogP contribution in [0.15, 0.2) is 78.9 Å². The molecule has 0 heteroatoms. The number of benzene rings is 5. The van der Waals surface area contributed by atoms with Crippen LogP contribution < -0.4 is 0 Å². The van der Waals surface area contributed by atoms with Crippen LogP contribution >= 0.6 is 0 Å². The van der Waals surface area contributed by atoms with Gasteiger partial charge >= 0.3 is 0 Å². The maximum Gasteiger partial charge on any atom is 0.0347 e. The van der Waals surface area contributed by atoms with Crippen molar-refractivity contribution in [2.75, 3.05) is 0 Å². The van der Waals surface area contributed by atoms with Crippen molar-refractivity contribution < 1.29 is 30.2 Å². The van der Waals surface area contributed by atoms with Crippen molar-refractivity contribution in [2.24, 2.45) is 28.0 Å². The Morgan fingerprint density at radius 2 is 0.846 bits per heavy atom. The van der Waals surface area contributed by atoms with Gasteiger partial charge in [-0.3, -0.25) is 0 Å². The van der Waals surface area contributed by atoms with Gasteiger partial charge in [0.05, 0.1) is 0 Å². The van der Waals surface area contributed by atoms with Gasteiger partial charge in [0.1, 0.15) is 0 Å².